The van der Waals surface area contributed by atoms with E-state index in [0.717, 1.165) is 0 Å². The molecule has 0 saturated carbocycles. The minimum Gasteiger partial charge on any atom is -0.508 e. The standard InChI is InChI=1S/C14H13NO5/c16-8-3-1-2-7(6-8)15-13(17)11-9-4-5-10(20-9)12(11)14(18)19/h1-6,9-12,16H,(H,15,17)(H,18,19)/t9-,10+,11-,12-/m0/s1. The molecule has 6 nitrogen and oxygen atoms in total. The number of benzene rings is 1. The van der Waals surface area contributed by atoms with E-state index in [-0.39, 0.29) is 5.75 Å². The van der Waals surface area contributed by atoms with Crippen LogP contribution < -0.4 is 5.32 Å². The number of carbonyl (C=O) groups is 2. The van der Waals surface area contributed by atoms with E-state index in [4.69, 9.17) is 4.74 Å². The van der Waals surface area contributed by atoms with Gasteiger partial charge in [-0.15, -0.1) is 0 Å². The number of amides is 1. The second kappa shape index (κ2) is 4.64. The molecule has 2 aliphatic rings. The van der Waals surface area contributed by atoms with Crippen LogP contribution in [0.15, 0.2) is 36.4 Å². The Balaban J connectivity index is 1.80. The van der Waals surface area contributed by atoms with E-state index in [1.54, 1.807) is 24.3 Å². The Morgan fingerprint density at radius 3 is 2.50 bits per heavy atom. The summed E-state index contributed by atoms with van der Waals surface area (Å²) in [4.78, 5) is 23.5. The van der Waals surface area contributed by atoms with Gasteiger partial charge in [-0.3, -0.25) is 9.59 Å². The number of fused-ring (bicyclic) bond motifs is 2. The Labute approximate surface area is 114 Å². The summed E-state index contributed by atoms with van der Waals surface area (Å²) in [7, 11) is 0. The van der Waals surface area contributed by atoms with Crippen molar-refractivity contribution in [2.24, 2.45) is 11.8 Å². The molecular formula is C14H13NO5. The number of aromatic hydroxyl groups is 1. The highest BCUT2D eigenvalue weighted by atomic mass is 16.5. The van der Waals surface area contributed by atoms with Crippen LogP contribution in [-0.2, 0) is 14.3 Å². The summed E-state index contributed by atoms with van der Waals surface area (Å²) < 4.78 is 5.44. The molecule has 6 heteroatoms. The zero-order chi connectivity index (χ0) is 14.3. The number of anilines is 1. The first kappa shape index (κ1) is 12.7. The molecule has 2 bridgehead atoms. The quantitative estimate of drug-likeness (QED) is 0.715. The molecule has 0 aromatic heterocycles. The smallest absolute Gasteiger partial charge is 0.310 e. The van der Waals surface area contributed by atoms with E-state index >= 15 is 0 Å². The molecule has 0 unspecified atom stereocenters. The average molecular weight is 275 g/mol. The molecule has 0 radical (unpaired) electrons. The third-order valence-corrected chi connectivity index (χ3v) is 3.60. The Morgan fingerprint density at radius 1 is 1.15 bits per heavy atom. The van der Waals surface area contributed by atoms with E-state index in [1.165, 1.54) is 12.1 Å². The van der Waals surface area contributed by atoms with Gasteiger partial charge in [0.05, 0.1) is 18.1 Å². The summed E-state index contributed by atoms with van der Waals surface area (Å²) in [5.41, 5.74) is 0.422. The lowest BCUT2D eigenvalue weighted by atomic mass is 9.82. The van der Waals surface area contributed by atoms with Gasteiger partial charge in [-0.25, -0.2) is 0 Å². The van der Waals surface area contributed by atoms with Crippen molar-refractivity contribution in [3.63, 3.8) is 0 Å². The number of phenolic OH excluding ortho intramolecular Hbond substituents is 1. The fourth-order valence-corrected chi connectivity index (χ4v) is 2.72. The van der Waals surface area contributed by atoms with Crippen LogP contribution in [0.4, 0.5) is 5.69 Å². The van der Waals surface area contributed by atoms with Gasteiger partial charge in [0.1, 0.15) is 11.7 Å². The summed E-state index contributed by atoms with van der Waals surface area (Å²) in [6.07, 6.45) is 2.36. The summed E-state index contributed by atoms with van der Waals surface area (Å²) in [6, 6.07) is 6.10. The molecule has 0 aliphatic carbocycles. The lowest BCUT2D eigenvalue weighted by molar-refractivity contribution is -0.145. The van der Waals surface area contributed by atoms with E-state index < -0.39 is 35.9 Å². The molecule has 3 N–H and O–H groups in total. The Hall–Kier alpha value is -2.34. The van der Waals surface area contributed by atoms with Gasteiger partial charge in [-0.1, -0.05) is 18.2 Å². The van der Waals surface area contributed by atoms with Crippen LogP contribution >= 0.6 is 0 Å². The van der Waals surface area contributed by atoms with Crippen molar-refractivity contribution in [1.29, 1.82) is 0 Å². The number of carboxylic acids is 1. The highest BCUT2D eigenvalue weighted by molar-refractivity contribution is 5.96. The summed E-state index contributed by atoms with van der Waals surface area (Å²) in [5, 5.41) is 21.2. The van der Waals surface area contributed by atoms with Crippen molar-refractivity contribution < 1.29 is 24.5 Å². The third-order valence-electron chi connectivity index (χ3n) is 3.60. The summed E-state index contributed by atoms with van der Waals surface area (Å²) >= 11 is 0. The van der Waals surface area contributed by atoms with E-state index in [1.807, 2.05) is 0 Å². The number of carbonyl (C=O) groups excluding carboxylic acids is 1. The predicted octanol–water partition coefficient (Wildman–Crippen LogP) is 0.985. The van der Waals surface area contributed by atoms with Crippen LogP contribution in [0.25, 0.3) is 0 Å². The average Bonchev–Trinajstić information content (AvgIpc) is 2.98. The number of carboxylic acid groups (broad SMARTS) is 1. The minimum atomic E-state index is -1.04. The van der Waals surface area contributed by atoms with Crippen LogP contribution in [0.3, 0.4) is 0 Å². The van der Waals surface area contributed by atoms with Gasteiger partial charge < -0.3 is 20.3 Å². The molecule has 2 aliphatic heterocycles. The largest absolute Gasteiger partial charge is 0.508 e. The van der Waals surface area contributed by atoms with Crippen molar-refractivity contribution in [2.45, 2.75) is 12.2 Å². The molecule has 3 rings (SSSR count). The summed E-state index contributed by atoms with van der Waals surface area (Å²) in [6.45, 7) is 0. The monoisotopic (exact) mass is 275 g/mol. The van der Waals surface area contributed by atoms with Crippen LogP contribution in [0.1, 0.15) is 0 Å². The minimum absolute atomic E-state index is 0.0293. The Bertz CT molecular complexity index is 597. The molecule has 0 spiro atoms. The summed E-state index contributed by atoms with van der Waals surface area (Å²) in [5.74, 6) is -3.06. The molecule has 1 amide bonds. The second-order valence-electron chi connectivity index (χ2n) is 4.88. The molecular weight excluding hydrogens is 262 g/mol. The SMILES string of the molecule is O=C(Nc1cccc(O)c1)[C@@H]1[C@@H](C(=O)O)[C@H]2C=C[C@@H]1O2. The molecule has 1 fully saturated rings. The Morgan fingerprint density at radius 2 is 1.85 bits per heavy atom. The van der Waals surface area contributed by atoms with Crippen molar-refractivity contribution in [3.05, 3.63) is 36.4 Å². The zero-order valence-corrected chi connectivity index (χ0v) is 10.4. The Kier molecular flexibility index (Phi) is 2.94. The first-order chi connectivity index (χ1) is 9.56. The van der Waals surface area contributed by atoms with Gasteiger partial charge in [0.15, 0.2) is 0 Å². The number of ether oxygens (including phenoxy) is 1. The third kappa shape index (κ3) is 2.04. The second-order valence-corrected chi connectivity index (χ2v) is 4.88. The molecule has 2 heterocycles. The van der Waals surface area contributed by atoms with Gasteiger partial charge in [0, 0.05) is 11.8 Å². The van der Waals surface area contributed by atoms with Crippen molar-refractivity contribution in [2.75, 3.05) is 5.32 Å². The molecule has 1 aromatic carbocycles. The predicted molar refractivity (Wildman–Crippen MR) is 69.2 cm³/mol. The maximum Gasteiger partial charge on any atom is 0.310 e. The van der Waals surface area contributed by atoms with Gasteiger partial charge in [0.25, 0.3) is 0 Å². The maximum absolute atomic E-state index is 12.3. The van der Waals surface area contributed by atoms with E-state index in [2.05, 4.69) is 5.32 Å². The number of hydrogen-bond acceptors (Lipinski definition) is 4. The van der Waals surface area contributed by atoms with Gasteiger partial charge in [-0.2, -0.15) is 0 Å². The van der Waals surface area contributed by atoms with Crippen molar-refractivity contribution in [1.82, 2.24) is 0 Å². The highest BCUT2D eigenvalue weighted by Crippen LogP contribution is 2.39. The van der Waals surface area contributed by atoms with Gasteiger partial charge in [-0.05, 0) is 12.1 Å². The van der Waals surface area contributed by atoms with Crippen molar-refractivity contribution >= 4 is 17.6 Å². The first-order valence-corrected chi connectivity index (χ1v) is 6.23. The fourth-order valence-electron chi connectivity index (χ4n) is 2.72. The maximum atomic E-state index is 12.3. The zero-order valence-electron chi connectivity index (χ0n) is 10.4. The van der Waals surface area contributed by atoms with Crippen LogP contribution in [-0.4, -0.2) is 34.3 Å². The van der Waals surface area contributed by atoms with Crippen LogP contribution in [0.2, 0.25) is 0 Å². The molecule has 1 saturated heterocycles. The molecule has 104 valence electrons. The topological polar surface area (TPSA) is 95.9 Å². The number of phenols is 1. The lowest BCUT2D eigenvalue weighted by Crippen LogP contribution is -2.39. The first-order valence-electron chi connectivity index (χ1n) is 6.23. The van der Waals surface area contributed by atoms with Crippen molar-refractivity contribution in [3.8, 4) is 5.75 Å². The molecule has 20 heavy (non-hydrogen) atoms. The van der Waals surface area contributed by atoms with Gasteiger partial charge >= 0.3 is 5.97 Å². The fraction of sp³-hybridized carbons (Fsp3) is 0.286. The number of rotatable bonds is 3. The van der Waals surface area contributed by atoms with Gasteiger partial charge in [0.2, 0.25) is 5.91 Å². The van der Waals surface area contributed by atoms with Crippen LogP contribution in [0, 0.1) is 11.8 Å². The van der Waals surface area contributed by atoms with E-state index in [0.29, 0.717) is 5.69 Å². The number of nitrogens with one attached hydrogen (secondary N) is 1. The highest BCUT2D eigenvalue weighted by Gasteiger charge is 2.53. The molecule has 4 atom stereocenters. The number of aliphatic carboxylic acids is 1. The normalized spacial score (nSPS) is 30.4. The number of hydrogen-bond donors (Lipinski definition) is 3. The molecule has 1 aromatic rings. The van der Waals surface area contributed by atoms with E-state index in [9.17, 15) is 19.8 Å². The lowest BCUT2D eigenvalue weighted by Gasteiger charge is -2.21. The van der Waals surface area contributed by atoms with Crippen LogP contribution in [0.5, 0.6) is 5.75 Å².